The number of nitriles is 1. The standard InChI is InChI=1S/C16H9Cl2N3O3/c17-12-6-13(18)8-14(7-12)20-16(22)11(9-19)5-10-1-3-15(4-2-10)21(23)24/h1-8H,(H,20,22). The van der Waals surface area contributed by atoms with Gasteiger partial charge in [0.2, 0.25) is 0 Å². The molecule has 120 valence electrons. The van der Waals surface area contributed by atoms with Crippen LogP contribution in [0.4, 0.5) is 11.4 Å². The number of amides is 1. The fraction of sp³-hybridized carbons (Fsp3) is 0. The monoisotopic (exact) mass is 361 g/mol. The summed E-state index contributed by atoms with van der Waals surface area (Å²) in [6.07, 6.45) is 1.32. The molecule has 6 nitrogen and oxygen atoms in total. The van der Waals surface area contributed by atoms with E-state index in [4.69, 9.17) is 28.5 Å². The van der Waals surface area contributed by atoms with Crippen LogP contribution in [0.15, 0.2) is 48.0 Å². The molecule has 0 unspecified atom stereocenters. The number of nitro benzene ring substituents is 1. The Morgan fingerprint density at radius 2 is 1.75 bits per heavy atom. The lowest BCUT2D eigenvalue weighted by Crippen LogP contribution is -2.13. The number of anilines is 1. The molecule has 2 aromatic carbocycles. The minimum Gasteiger partial charge on any atom is -0.321 e. The summed E-state index contributed by atoms with van der Waals surface area (Å²) in [6.45, 7) is 0. The van der Waals surface area contributed by atoms with E-state index in [-0.39, 0.29) is 11.3 Å². The lowest BCUT2D eigenvalue weighted by molar-refractivity contribution is -0.384. The summed E-state index contributed by atoms with van der Waals surface area (Å²) >= 11 is 11.7. The number of benzene rings is 2. The first kappa shape index (κ1) is 17.5. The number of nitro groups is 1. The van der Waals surface area contributed by atoms with Gasteiger partial charge in [-0.1, -0.05) is 23.2 Å². The van der Waals surface area contributed by atoms with Gasteiger partial charge in [-0.3, -0.25) is 14.9 Å². The van der Waals surface area contributed by atoms with Crippen LogP contribution < -0.4 is 5.32 Å². The predicted molar refractivity (Wildman–Crippen MR) is 91.8 cm³/mol. The minimum atomic E-state index is -0.644. The van der Waals surface area contributed by atoms with Crippen LogP contribution in [0.3, 0.4) is 0 Å². The highest BCUT2D eigenvalue weighted by Gasteiger charge is 2.11. The first-order valence-electron chi connectivity index (χ1n) is 6.53. The zero-order valence-electron chi connectivity index (χ0n) is 12.0. The van der Waals surface area contributed by atoms with Gasteiger partial charge in [-0.2, -0.15) is 5.26 Å². The number of nitrogens with one attached hydrogen (secondary N) is 1. The van der Waals surface area contributed by atoms with Gasteiger partial charge in [0.1, 0.15) is 11.6 Å². The van der Waals surface area contributed by atoms with Gasteiger partial charge in [-0.05, 0) is 42.0 Å². The van der Waals surface area contributed by atoms with E-state index >= 15 is 0 Å². The third-order valence-corrected chi connectivity index (χ3v) is 3.34. The summed E-state index contributed by atoms with van der Waals surface area (Å²) in [5.74, 6) is -0.644. The number of non-ortho nitro benzene ring substituents is 1. The first-order valence-corrected chi connectivity index (χ1v) is 7.28. The molecule has 0 bridgehead atoms. The second kappa shape index (κ2) is 7.59. The van der Waals surface area contributed by atoms with E-state index in [0.717, 1.165) is 0 Å². The number of hydrogen-bond donors (Lipinski definition) is 1. The zero-order valence-corrected chi connectivity index (χ0v) is 13.5. The normalized spacial score (nSPS) is 10.8. The molecule has 0 spiro atoms. The Kier molecular flexibility index (Phi) is 5.53. The number of carbonyl (C=O) groups excluding carboxylic acids is 1. The maximum Gasteiger partial charge on any atom is 0.269 e. The Labute approximate surface area is 147 Å². The van der Waals surface area contributed by atoms with Crippen molar-refractivity contribution in [1.82, 2.24) is 0 Å². The third-order valence-electron chi connectivity index (χ3n) is 2.90. The maximum absolute atomic E-state index is 12.1. The van der Waals surface area contributed by atoms with Crippen molar-refractivity contribution in [2.45, 2.75) is 0 Å². The van der Waals surface area contributed by atoms with Crippen LogP contribution in [0.25, 0.3) is 6.08 Å². The third kappa shape index (κ3) is 4.56. The van der Waals surface area contributed by atoms with E-state index in [0.29, 0.717) is 21.3 Å². The molecule has 0 aliphatic rings. The Balaban J connectivity index is 2.22. The smallest absolute Gasteiger partial charge is 0.269 e. The van der Waals surface area contributed by atoms with Crippen molar-refractivity contribution in [2.75, 3.05) is 5.32 Å². The highest BCUT2D eigenvalue weighted by atomic mass is 35.5. The van der Waals surface area contributed by atoms with Crippen molar-refractivity contribution in [3.63, 3.8) is 0 Å². The lowest BCUT2D eigenvalue weighted by Gasteiger charge is -2.05. The van der Waals surface area contributed by atoms with Gasteiger partial charge in [0.15, 0.2) is 0 Å². The number of hydrogen-bond acceptors (Lipinski definition) is 4. The average Bonchev–Trinajstić information content (AvgIpc) is 2.51. The molecule has 1 N–H and O–H groups in total. The molecule has 0 saturated heterocycles. The van der Waals surface area contributed by atoms with E-state index in [1.54, 1.807) is 6.07 Å². The first-order chi connectivity index (χ1) is 11.4. The second-order valence-corrected chi connectivity index (χ2v) is 5.50. The zero-order chi connectivity index (χ0) is 17.7. The van der Waals surface area contributed by atoms with Crippen molar-refractivity contribution in [2.24, 2.45) is 0 Å². The highest BCUT2D eigenvalue weighted by molar-refractivity contribution is 6.35. The molecule has 0 saturated carbocycles. The summed E-state index contributed by atoms with van der Waals surface area (Å²) in [5.41, 5.74) is 0.586. The number of rotatable bonds is 4. The molecule has 2 aromatic rings. The van der Waals surface area contributed by atoms with E-state index in [2.05, 4.69) is 5.32 Å². The average molecular weight is 362 g/mol. The van der Waals surface area contributed by atoms with Crippen molar-refractivity contribution in [1.29, 1.82) is 5.26 Å². The molecule has 0 aromatic heterocycles. The summed E-state index contributed by atoms with van der Waals surface area (Å²) in [6, 6.07) is 11.7. The van der Waals surface area contributed by atoms with Gasteiger partial charge < -0.3 is 5.32 Å². The lowest BCUT2D eigenvalue weighted by atomic mass is 10.1. The molecular formula is C16H9Cl2N3O3. The van der Waals surface area contributed by atoms with Crippen LogP contribution in [0.1, 0.15) is 5.56 Å². The molecule has 0 fully saturated rings. The topological polar surface area (TPSA) is 96.0 Å². The van der Waals surface area contributed by atoms with Crippen molar-refractivity contribution in [3.05, 3.63) is 73.8 Å². The largest absolute Gasteiger partial charge is 0.321 e. The number of carbonyl (C=O) groups is 1. The fourth-order valence-corrected chi connectivity index (χ4v) is 2.36. The highest BCUT2D eigenvalue weighted by Crippen LogP contribution is 2.23. The molecular weight excluding hydrogens is 353 g/mol. The molecule has 0 atom stereocenters. The van der Waals surface area contributed by atoms with Gasteiger partial charge in [0.25, 0.3) is 11.6 Å². The SMILES string of the molecule is N#CC(=Cc1ccc([N+](=O)[O-])cc1)C(=O)Nc1cc(Cl)cc(Cl)c1. The van der Waals surface area contributed by atoms with Crippen LogP contribution in [-0.4, -0.2) is 10.8 Å². The molecule has 24 heavy (non-hydrogen) atoms. The van der Waals surface area contributed by atoms with E-state index < -0.39 is 10.8 Å². The number of nitrogens with zero attached hydrogens (tertiary/aromatic N) is 2. The molecule has 2 rings (SSSR count). The van der Waals surface area contributed by atoms with Gasteiger partial charge in [0, 0.05) is 27.9 Å². The molecule has 1 amide bonds. The Morgan fingerprint density at radius 3 is 2.25 bits per heavy atom. The van der Waals surface area contributed by atoms with E-state index in [1.165, 1.54) is 48.5 Å². The van der Waals surface area contributed by atoms with Crippen molar-refractivity contribution >= 4 is 46.6 Å². The molecule has 0 aliphatic heterocycles. The van der Waals surface area contributed by atoms with Crippen LogP contribution in [0.5, 0.6) is 0 Å². The Bertz CT molecular complexity index is 851. The fourth-order valence-electron chi connectivity index (χ4n) is 1.83. The molecule has 0 radical (unpaired) electrons. The van der Waals surface area contributed by atoms with Crippen molar-refractivity contribution < 1.29 is 9.72 Å². The van der Waals surface area contributed by atoms with E-state index in [9.17, 15) is 14.9 Å². The number of halogens is 2. The summed E-state index contributed by atoms with van der Waals surface area (Å²) in [4.78, 5) is 22.2. The molecule has 8 heteroatoms. The van der Waals surface area contributed by atoms with Gasteiger partial charge in [-0.15, -0.1) is 0 Å². The second-order valence-electron chi connectivity index (χ2n) is 4.63. The minimum absolute atomic E-state index is 0.0799. The summed E-state index contributed by atoms with van der Waals surface area (Å²) < 4.78 is 0. The predicted octanol–water partition coefficient (Wildman–Crippen LogP) is 4.45. The Hall–Kier alpha value is -2.88. The van der Waals surface area contributed by atoms with Gasteiger partial charge >= 0.3 is 0 Å². The van der Waals surface area contributed by atoms with Gasteiger partial charge in [0.05, 0.1) is 4.92 Å². The summed E-state index contributed by atoms with van der Waals surface area (Å²) in [5, 5.41) is 23.0. The maximum atomic E-state index is 12.1. The molecule has 0 aliphatic carbocycles. The molecule has 0 heterocycles. The summed E-state index contributed by atoms with van der Waals surface area (Å²) in [7, 11) is 0. The van der Waals surface area contributed by atoms with Crippen LogP contribution in [0.2, 0.25) is 10.0 Å². The van der Waals surface area contributed by atoms with Crippen molar-refractivity contribution in [3.8, 4) is 6.07 Å². The van der Waals surface area contributed by atoms with Crippen LogP contribution in [0, 0.1) is 21.4 Å². The van der Waals surface area contributed by atoms with Crippen LogP contribution >= 0.6 is 23.2 Å². The Morgan fingerprint density at radius 1 is 1.17 bits per heavy atom. The van der Waals surface area contributed by atoms with Gasteiger partial charge in [-0.25, -0.2) is 0 Å². The van der Waals surface area contributed by atoms with Crippen LogP contribution in [-0.2, 0) is 4.79 Å². The quantitative estimate of drug-likeness (QED) is 0.376. The van der Waals surface area contributed by atoms with E-state index in [1.807, 2.05) is 0 Å².